The van der Waals surface area contributed by atoms with Gasteiger partial charge in [-0.15, -0.1) is 0 Å². The molecule has 29 heavy (non-hydrogen) atoms. The zero-order valence-electron chi connectivity index (χ0n) is 16.8. The quantitative estimate of drug-likeness (QED) is 0.723. The highest BCUT2D eigenvalue weighted by Crippen LogP contribution is 2.27. The van der Waals surface area contributed by atoms with Crippen molar-refractivity contribution in [3.05, 3.63) is 66.7 Å². The minimum absolute atomic E-state index is 0.141. The first-order valence-corrected chi connectivity index (χ1v) is 10.2. The molecule has 0 aliphatic carbocycles. The normalized spacial score (nSPS) is 14.9. The van der Waals surface area contributed by atoms with Gasteiger partial charge in [0.25, 0.3) is 0 Å². The van der Waals surface area contributed by atoms with Crippen molar-refractivity contribution in [2.45, 2.75) is 6.92 Å². The van der Waals surface area contributed by atoms with Crippen molar-refractivity contribution in [1.29, 1.82) is 0 Å². The molecule has 3 aromatic carbocycles. The van der Waals surface area contributed by atoms with Crippen LogP contribution in [0.2, 0.25) is 0 Å². The smallest absolute Gasteiger partial charge is 0.241 e. The number of anilines is 2. The van der Waals surface area contributed by atoms with E-state index < -0.39 is 0 Å². The Bertz CT molecular complexity index is 974. The average molecular weight is 389 g/mol. The number of aromatic hydroxyl groups is 1. The molecule has 0 saturated carbocycles. The van der Waals surface area contributed by atoms with Crippen molar-refractivity contribution >= 4 is 28.1 Å². The highest BCUT2D eigenvalue weighted by atomic mass is 16.3. The third kappa shape index (κ3) is 4.20. The van der Waals surface area contributed by atoms with Crippen molar-refractivity contribution in [2.75, 3.05) is 49.1 Å². The maximum atomic E-state index is 13.1. The van der Waals surface area contributed by atoms with Gasteiger partial charge in [0.1, 0.15) is 5.75 Å². The van der Waals surface area contributed by atoms with E-state index in [1.54, 1.807) is 12.1 Å². The summed E-state index contributed by atoms with van der Waals surface area (Å²) < 4.78 is 0. The molecule has 5 heteroatoms. The Hall–Kier alpha value is -3.05. The van der Waals surface area contributed by atoms with Crippen molar-refractivity contribution in [3.8, 4) is 5.75 Å². The van der Waals surface area contributed by atoms with E-state index in [4.69, 9.17) is 0 Å². The number of carbonyl (C=O) groups is 1. The monoisotopic (exact) mass is 389 g/mol. The molecule has 0 spiro atoms. The highest BCUT2D eigenvalue weighted by Gasteiger charge is 2.23. The number of likely N-dealkylation sites (N-methyl/N-ethyl adjacent to an activating group) is 1. The number of hydrogen-bond acceptors (Lipinski definition) is 4. The van der Waals surface area contributed by atoms with E-state index in [0.29, 0.717) is 13.1 Å². The van der Waals surface area contributed by atoms with Crippen LogP contribution in [0, 0.1) is 0 Å². The highest BCUT2D eigenvalue weighted by molar-refractivity contribution is 6.04. The zero-order valence-corrected chi connectivity index (χ0v) is 16.8. The summed E-state index contributed by atoms with van der Waals surface area (Å²) in [4.78, 5) is 19.5. The van der Waals surface area contributed by atoms with Crippen LogP contribution in [0.1, 0.15) is 6.92 Å². The Morgan fingerprint density at radius 1 is 0.931 bits per heavy atom. The van der Waals surface area contributed by atoms with E-state index in [1.165, 1.54) is 0 Å². The molecular formula is C24H27N3O2. The van der Waals surface area contributed by atoms with Gasteiger partial charge in [-0.3, -0.25) is 9.69 Å². The zero-order chi connectivity index (χ0) is 20.2. The predicted octanol–water partition coefficient (Wildman–Crippen LogP) is 3.72. The molecule has 150 valence electrons. The number of rotatable bonds is 5. The summed E-state index contributed by atoms with van der Waals surface area (Å²) in [5.41, 5.74) is 2.10. The molecule has 1 saturated heterocycles. The molecule has 1 heterocycles. The summed E-state index contributed by atoms with van der Waals surface area (Å²) in [6.07, 6.45) is 0. The molecule has 0 aromatic heterocycles. The van der Waals surface area contributed by atoms with Crippen LogP contribution in [-0.2, 0) is 4.79 Å². The molecule has 1 amide bonds. The number of amides is 1. The second-order valence-corrected chi connectivity index (χ2v) is 7.42. The summed E-state index contributed by atoms with van der Waals surface area (Å²) in [7, 11) is 0. The van der Waals surface area contributed by atoms with Gasteiger partial charge in [-0.2, -0.15) is 0 Å². The largest absolute Gasteiger partial charge is 0.508 e. The number of hydrogen-bond donors (Lipinski definition) is 1. The molecule has 5 nitrogen and oxygen atoms in total. The first-order chi connectivity index (χ1) is 14.2. The number of benzene rings is 3. The third-order valence-electron chi connectivity index (χ3n) is 5.62. The molecule has 1 fully saturated rings. The second-order valence-electron chi connectivity index (χ2n) is 7.42. The molecule has 0 bridgehead atoms. The van der Waals surface area contributed by atoms with Gasteiger partial charge < -0.3 is 14.9 Å². The Balaban J connectivity index is 1.41. The van der Waals surface area contributed by atoms with Crippen LogP contribution in [0.25, 0.3) is 10.8 Å². The molecule has 1 aliphatic rings. The Morgan fingerprint density at radius 3 is 2.34 bits per heavy atom. The minimum Gasteiger partial charge on any atom is -0.508 e. The number of phenols is 1. The standard InChI is InChI=1S/C24H27N3O2/c1-2-27(23-9-5-7-19-6-3-4-8-22(19)23)24(29)18-25-14-16-26(17-15-25)20-10-12-21(28)13-11-20/h3-13,28H,2,14-18H2,1H3. The number of nitrogens with zero attached hydrogens (tertiary/aromatic N) is 3. The second kappa shape index (κ2) is 8.53. The number of phenolic OH excluding ortho intramolecular Hbond substituents is 1. The fourth-order valence-electron chi connectivity index (χ4n) is 4.03. The van der Waals surface area contributed by atoms with E-state index in [-0.39, 0.29) is 11.7 Å². The Morgan fingerprint density at radius 2 is 1.62 bits per heavy atom. The maximum absolute atomic E-state index is 13.1. The fraction of sp³-hybridized carbons (Fsp3) is 0.292. The fourth-order valence-corrected chi connectivity index (χ4v) is 4.03. The number of fused-ring (bicyclic) bond motifs is 1. The van der Waals surface area contributed by atoms with E-state index >= 15 is 0 Å². The van der Waals surface area contributed by atoms with Crippen molar-refractivity contribution in [1.82, 2.24) is 4.90 Å². The molecular weight excluding hydrogens is 362 g/mol. The van der Waals surface area contributed by atoms with Gasteiger partial charge >= 0.3 is 0 Å². The third-order valence-corrected chi connectivity index (χ3v) is 5.62. The topological polar surface area (TPSA) is 47.0 Å². The molecule has 1 N–H and O–H groups in total. The van der Waals surface area contributed by atoms with Gasteiger partial charge in [-0.25, -0.2) is 0 Å². The van der Waals surface area contributed by atoms with Crippen LogP contribution < -0.4 is 9.80 Å². The van der Waals surface area contributed by atoms with E-state index in [1.807, 2.05) is 48.2 Å². The van der Waals surface area contributed by atoms with Crippen LogP contribution in [-0.4, -0.2) is 55.2 Å². The molecule has 1 aliphatic heterocycles. The summed E-state index contributed by atoms with van der Waals surface area (Å²) in [5.74, 6) is 0.424. The van der Waals surface area contributed by atoms with Crippen LogP contribution in [0.5, 0.6) is 5.75 Å². The lowest BCUT2D eigenvalue weighted by Crippen LogP contribution is -2.50. The number of piperazine rings is 1. The SMILES string of the molecule is CCN(C(=O)CN1CCN(c2ccc(O)cc2)CC1)c1cccc2ccccc12. The molecule has 0 atom stereocenters. The molecule has 0 radical (unpaired) electrons. The summed E-state index contributed by atoms with van der Waals surface area (Å²) >= 11 is 0. The number of carbonyl (C=O) groups excluding carboxylic acids is 1. The van der Waals surface area contributed by atoms with Crippen LogP contribution in [0.3, 0.4) is 0 Å². The average Bonchev–Trinajstić information content (AvgIpc) is 2.76. The predicted molar refractivity (Wildman–Crippen MR) is 119 cm³/mol. The van der Waals surface area contributed by atoms with Crippen molar-refractivity contribution < 1.29 is 9.90 Å². The molecule has 3 aromatic rings. The van der Waals surface area contributed by atoms with Gasteiger partial charge in [0.15, 0.2) is 0 Å². The van der Waals surface area contributed by atoms with Crippen molar-refractivity contribution in [3.63, 3.8) is 0 Å². The van der Waals surface area contributed by atoms with E-state index in [2.05, 4.69) is 28.0 Å². The summed E-state index contributed by atoms with van der Waals surface area (Å²) in [6, 6.07) is 21.7. The summed E-state index contributed by atoms with van der Waals surface area (Å²) in [5, 5.41) is 11.7. The molecule has 4 rings (SSSR count). The first kappa shape index (κ1) is 19.3. The lowest BCUT2D eigenvalue weighted by molar-refractivity contribution is -0.119. The van der Waals surface area contributed by atoms with Gasteiger partial charge in [0, 0.05) is 43.8 Å². The van der Waals surface area contributed by atoms with Crippen LogP contribution in [0.15, 0.2) is 66.7 Å². The maximum Gasteiger partial charge on any atom is 0.241 e. The van der Waals surface area contributed by atoms with E-state index in [0.717, 1.165) is 48.3 Å². The van der Waals surface area contributed by atoms with Gasteiger partial charge in [0.2, 0.25) is 5.91 Å². The van der Waals surface area contributed by atoms with Gasteiger partial charge in [0.05, 0.1) is 12.2 Å². The first-order valence-electron chi connectivity index (χ1n) is 10.2. The van der Waals surface area contributed by atoms with E-state index in [9.17, 15) is 9.90 Å². The van der Waals surface area contributed by atoms with Gasteiger partial charge in [-0.1, -0.05) is 36.4 Å². The van der Waals surface area contributed by atoms with Gasteiger partial charge in [-0.05, 0) is 42.6 Å². The molecule has 0 unspecified atom stereocenters. The Labute approximate surface area is 171 Å². The lowest BCUT2D eigenvalue weighted by atomic mass is 10.1. The Kier molecular flexibility index (Phi) is 5.67. The van der Waals surface area contributed by atoms with Crippen LogP contribution >= 0.6 is 0 Å². The van der Waals surface area contributed by atoms with Crippen molar-refractivity contribution in [2.24, 2.45) is 0 Å². The lowest BCUT2D eigenvalue weighted by Gasteiger charge is -2.36. The van der Waals surface area contributed by atoms with Crippen LogP contribution in [0.4, 0.5) is 11.4 Å². The minimum atomic E-state index is 0.141. The summed E-state index contributed by atoms with van der Waals surface area (Å²) in [6.45, 7) is 6.56.